The molecule has 0 aliphatic heterocycles. The third kappa shape index (κ3) is 3.14. The lowest BCUT2D eigenvalue weighted by molar-refractivity contribution is -0.384. The molecule has 0 bridgehead atoms. The number of rotatable bonds is 3. The molecule has 5 nitrogen and oxygen atoms in total. The smallest absolute Gasteiger partial charge is 0.287 e. The lowest BCUT2D eigenvalue weighted by Crippen LogP contribution is -2.14. The van der Waals surface area contributed by atoms with Gasteiger partial charge in [0.15, 0.2) is 0 Å². The Kier molecular flexibility index (Phi) is 4.13. The quantitative estimate of drug-likeness (QED) is 0.692. The van der Waals surface area contributed by atoms with Crippen LogP contribution in [0.4, 0.5) is 20.2 Å². The van der Waals surface area contributed by atoms with E-state index in [2.05, 4.69) is 5.32 Å². The number of nitro benzene ring substituents is 1. The van der Waals surface area contributed by atoms with Crippen LogP contribution in [-0.4, -0.2) is 10.8 Å². The van der Waals surface area contributed by atoms with Gasteiger partial charge in [0.1, 0.15) is 22.3 Å². The number of amides is 1. The van der Waals surface area contributed by atoms with Crippen LogP contribution in [0.2, 0.25) is 5.02 Å². The van der Waals surface area contributed by atoms with Crippen molar-refractivity contribution in [3.05, 3.63) is 68.7 Å². The summed E-state index contributed by atoms with van der Waals surface area (Å²) in [6.45, 7) is 0. The lowest BCUT2D eigenvalue weighted by atomic mass is 10.2. The van der Waals surface area contributed by atoms with Crippen molar-refractivity contribution in [2.24, 2.45) is 0 Å². The third-order valence-corrected chi connectivity index (χ3v) is 2.91. The molecule has 0 radical (unpaired) electrons. The Hall–Kier alpha value is -2.54. The zero-order valence-corrected chi connectivity index (χ0v) is 11.0. The van der Waals surface area contributed by atoms with Crippen molar-refractivity contribution in [1.82, 2.24) is 0 Å². The molecule has 0 spiro atoms. The summed E-state index contributed by atoms with van der Waals surface area (Å²) in [4.78, 5) is 21.8. The first-order valence-electron chi connectivity index (χ1n) is 5.59. The second-order valence-electron chi connectivity index (χ2n) is 3.97. The van der Waals surface area contributed by atoms with Gasteiger partial charge in [-0.3, -0.25) is 14.9 Å². The molecule has 0 fully saturated rings. The van der Waals surface area contributed by atoms with E-state index >= 15 is 0 Å². The van der Waals surface area contributed by atoms with Crippen molar-refractivity contribution in [3.8, 4) is 0 Å². The third-order valence-electron chi connectivity index (χ3n) is 2.61. The molecule has 0 heterocycles. The highest BCUT2D eigenvalue weighted by molar-refractivity contribution is 6.33. The largest absolute Gasteiger partial charge is 0.317 e. The molecule has 0 unspecified atom stereocenters. The van der Waals surface area contributed by atoms with E-state index in [0.29, 0.717) is 0 Å². The zero-order valence-electron chi connectivity index (χ0n) is 10.3. The highest BCUT2D eigenvalue weighted by atomic mass is 35.5. The van der Waals surface area contributed by atoms with Crippen LogP contribution < -0.4 is 5.32 Å². The average molecular weight is 313 g/mol. The van der Waals surface area contributed by atoms with Gasteiger partial charge < -0.3 is 5.32 Å². The van der Waals surface area contributed by atoms with E-state index in [1.807, 2.05) is 0 Å². The molecule has 0 atom stereocenters. The Labute approximate surface area is 122 Å². The van der Waals surface area contributed by atoms with Crippen LogP contribution >= 0.6 is 11.6 Å². The monoisotopic (exact) mass is 312 g/mol. The van der Waals surface area contributed by atoms with E-state index in [9.17, 15) is 23.7 Å². The van der Waals surface area contributed by atoms with E-state index in [1.165, 1.54) is 0 Å². The summed E-state index contributed by atoms with van der Waals surface area (Å²) in [6, 6.07) is 6.35. The number of carbonyl (C=O) groups excluding carboxylic acids is 1. The highest BCUT2D eigenvalue weighted by Crippen LogP contribution is 2.26. The molecule has 2 aromatic carbocycles. The predicted molar refractivity (Wildman–Crippen MR) is 72.4 cm³/mol. The molecule has 0 aliphatic rings. The highest BCUT2D eigenvalue weighted by Gasteiger charge is 2.17. The second kappa shape index (κ2) is 5.84. The van der Waals surface area contributed by atoms with Gasteiger partial charge in [0, 0.05) is 11.6 Å². The molecular weight excluding hydrogens is 306 g/mol. The summed E-state index contributed by atoms with van der Waals surface area (Å²) in [7, 11) is 0. The summed E-state index contributed by atoms with van der Waals surface area (Å²) in [6.07, 6.45) is 0. The molecule has 21 heavy (non-hydrogen) atoms. The number of anilines is 1. The fourth-order valence-electron chi connectivity index (χ4n) is 1.60. The second-order valence-corrected chi connectivity index (χ2v) is 4.38. The molecule has 0 aromatic heterocycles. The van der Waals surface area contributed by atoms with Crippen molar-refractivity contribution in [2.75, 3.05) is 5.32 Å². The predicted octanol–water partition coefficient (Wildman–Crippen LogP) is 3.78. The topological polar surface area (TPSA) is 72.2 Å². The van der Waals surface area contributed by atoms with Crippen LogP contribution in [0.1, 0.15) is 10.4 Å². The van der Waals surface area contributed by atoms with Gasteiger partial charge >= 0.3 is 0 Å². The number of carbonyl (C=O) groups is 1. The molecular formula is C13H7ClF2N2O3. The molecule has 1 amide bonds. The normalized spacial score (nSPS) is 10.2. The van der Waals surface area contributed by atoms with E-state index in [1.54, 1.807) is 0 Å². The van der Waals surface area contributed by atoms with Gasteiger partial charge in [0.2, 0.25) is 0 Å². The number of nitrogens with one attached hydrogen (secondary N) is 1. The number of hydrogen-bond acceptors (Lipinski definition) is 3. The molecule has 2 rings (SSSR count). The van der Waals surface area contributed by atoms with Crippen molar-refractivity contribution < 1.29 is 18.5 Å². The maximum Gasteiger partial charge on any atom is 0.287 e. The first-order chi connectivity index (χ1) is 9.90. The van der Waals surface area contributed by atoms with Gasteiger partial charge in [-0.15, -0.1) is 0 Å². The number of nitrogens with zero attached hydrogens (tertiary/aromatic N) is 1. The number of hydrogen-bond donors (Lipinski definition) is 1. The van der Waals surface area contributed by atoms with Gasteiger partial charge in [-0.2, -0.15) is 0 Å². The van der Waals surface area contributed by atoms with Gasteiger partial charge in [-0.25, -0.2) is 8.78 Å². The van der Waals surface area contributed by atoms with Crippen LogP contribution in [0, 0.1) is 21.7 Å². The van der Waals surface area contributed by atoms with Gasteiger partial charge in [0.05, 0.1) is 4.92 Å². The summed E-state index contributed by atoms with van der Waals surface area (Å²) in [5, 5.41) is 12.4. The first-order valence-corrected chi connectivity index (χ1v) is 5.97. The fraction of sp³-hybridized carbons (Fsp3) is 0. The zero-order chi connectivity index (χ0) is 15.6. The average Bonchev–Trinajstić information content (AvgIpc) is 2.42. The van der Waals surface area contributed by atoms with Crippen LogP contribution in [0.25, 0.3) is 0 Å². The van der Waals surface area contributed by atoms with Gasteiger partial charge in [-0.1, -0.05) is 17.7 Å². The lowest BCUT2D eigenvalue weighted by Gasteiger charge is -2.07. The number of benzene rings is 2. The molecule has 0 aliphatic carbocycles. The van der Waals surface area contributed by atoms with Crippen LogP contribution in [0.5, 0.6) is 0 Å². The minimum Gasteiger partial charge on any atom is -0.317 e. The molecule has 1 N–H and O–H groups in total. The molecule has 8 heteroatoms. The fourth-order valence-corrected chi connectivity index (χ4v) is 1.85. The Morgan fingerprint density at radius 3 is 2.33 bits per heavy atom. The minimum absolute atomic E-state index is 0.0618. The Balaban J connectivity index is 2.29. The Bertz CT molecular complexity index is 717. The van der Waals surface area contributed by atoms with E-state index in [4.69, 9.17) is 11.6 Å². The summed E-state index contributed by atoms with van der Waals surface area (Å²) < 4.78 is 26.8. The van der Waals surface area contributed by atoms with Crippen molar-refractivity contribution in [2.45, 2.75) is 0 Å². The summed E-state index contributed by atoms with van der Waals surface area (Å²) >= 11 is 5.66. The van der Waals surface area contributed by atoms with Crippen LogP contribution in [-0.2, 0) is 0 Å². The van der Waals surface area contributed by atoms with Gasteiger partial charge in [-0.05, 0) is 24.3 Å². The van der Waals surface area contributed by atoms with E-state index in [0.717, 1.165) is 36.4 Å². The number of para-hydroxylation sites is 1. The van der Waals surface area contributed by atoms with E-state index in [-0.39, 0.29) is 16.3 Å². The molecule has 108 valence electrons. The van der Waals surface area contributed by atoms with Crippen molar-refractivity contribution in [1.29, 1.82) is 0 Å². The number of nitro groups is 1. The minimum atomic E-state index is -0.934. The van der Waals surface area contributed by atoms with Crippen LogP contribution in [0.3, 0.4) is 0 Å². The SMILES string of the molecule is O=C(Nc1c(F)cccc1F)c1ccc([N+](=O)[O-])c(Cl)c1. The molecule has 0 saturated heterocycles. The van der Waals surface area contributed by atoms with Crippen LogP contribution in [0.15, 0.2) is 36.4 Å². The van der Waals surface area contributed by atoms with Crippen molar-refractivity contribution in [3.63, 3.8) is 0 Å². The van der Waals surface area contributed by atoms with Gasteiger partial charge in [0.25, 0.3) is 11.6 Å². The Morgan fingerprint density at radius 1 is 1.19 bits per heavy atom. The Morgan fingerprint density at radius 2 is 1.81 bits per heavy atom. The number of halogens is 3. The maximum absolute atomic E-state index is 13.4. The van der Waals surface area contributed by atoms with E-state index < -0.39 is 28.2 Å². The molecule has 2 aromatic rings. The van der Waals surface area contributed by atoms with Crippen molar-refractivity contribution >= 4 is 28.9 Å². The standard InChI is InChI=1S/C13H7ClF2N2O3/c14-8-6-7(4-5-11(8)18(20)21)13(19)17-12-9(15)2-1-3-10(12)16/h1-6H,(H,17,19). The summed E-state index contributed by atoms with van der Waals surface area (Å²) in [5.41, 5.74) is -1.03. The molecule has 0 saturated carbocycles. The first kappa shape index (κ1) is 14.9. The summed E-state index contributed by atoms with van der Waals surface area (Å²) in [5.74, 6) is -2.71. The maximum atomic E-state index is 13.4.